The molecule has 0 saturated heterocycles. The summed E-state index contributed by atoms with van der Waals surface area (Å²) in [6, 6.07) is 8.50. The lowest BCUT2D eigenvalue weighted by Crippen LogP contribution is -2.23. The van der Waals surface area contributed by atoms with Crippen LogP contribution in [0.5, 0.6) is 0 Å². The molecule has 1 aromatic carbocycles. The summed E-state index contributed by atoms with van der Waals surface area (Å²) in [5, 5.41) is 2.71. The number of nitrogens with one attached hydrogen (secondary N) is 1. The summed E-state index contributed by atoms with van der Waals surface area (Å²) >= 11 is 0. The van der Waals surface area contributed by atoms with Gasteiger partial charge in [-0.3, -0.25) is 0 Å². The maximum absolute atomic E-state index is 5.78. The minimum Gasteiger partial charge on any atom is -0.424 e. The molecule has 0 aliphatic carbocycles. The molecule has 1 aliphatic heterocycles. The average molecular weight is 220 g/mol. The van der Waals surface area contributed by atoms with Crippen LogP contribution >= 0.6 is 0 Å². The number of nitrogens with two attached hydrogens (primary N) is 1. The molecule has 0 aromatic heterocycles. The highest BCUT2D eigenvalue weighted by Gasteiger charge is 2.29. The summed E-state index contributed by atoms with van der Waals surface area (Å²) < 4.78 is 5.78. The van der Waals surface area contributed by atoms with Gasteiger partial charge in [0.1, 0.15) is 0 Å². The molecule has 0 bridgehead atoms. The summed E-state index contributed by atoms with van der Waals surface area (Å²) in [4.78, 5) is 0. The van der Waals surface area contributed by atoms with Gasteiger partial charge in [-0.25, -0.2) is 0 Å². The van der Waals surface area contributed by atoms with Crippen molar-refractivity contribution in [3.8, 4) is 0 Å². The van der Waals surface area contributed by atoms with Gasteiger partial charge in [0.25, 0.3) is 0 Å². The van der Waals surface area contributed by atoms with E-state index in [1.54, 1.807) is 7.05 Å². The maximum Gasteiger partial charge on any atom is 0.324 e. The van der Waals surface area contributed by atoms with Crippen molar-refractivity contribution in [2.75, 3.05) is 13.7 Å². The molecule has 16 heavy (non-hydrogen) atoms. The first-order chi connectivity index (χ1) is 7.74. The molecule has 2 rings (SSSR count). The lowest BCUT2D eigenvalue weighted by Gasteiger charge is -2.08. The van der Waals surface area contributed by atoms with Crippen LogP contribution in [0.15, 0.2) is 24.3 Å². The lowest BCUT2D eigenvalue weighted by atomic mass is 9.64. The molecular weight excluding hydrogens is 199 g/mol. The van der Waals surface area contributed by atoms with E-state index in [4.69, 9.17) is 10.4 Å². The van der Waals surface area contributed by atoms with Crippen molar-refractivity contribution in [2.24, 2.45) is 5.73 Å². The number of hydrogen-bond acceptors (Lipinski definition) is 3. The van der Waals surface area contributed by atoms with Crippen LogP contribution in [0.4, 0.5) is 0 Å². The first kappa shape index (κ1) is 13.2. The highest BCUT2D eigenvalue weighted by atomic mass is 16.5. The largest absolute Gasteiger partial charge is 0.424 e. The van der Waals surface area contributed by atoms with Crippen LogP contribution in [-0.2, 0) is 4.65 Å². The van der Waals surface area contributed by atoms with Crippen molar-refractivity contribution >= 4 is 12.4 Å². The van der Waals surface area contributed by atoms with E-state index in [9.17, 15) is 0 Å². The molecule has 4 heteroatoms. The second-order valence-electron chi connectivity index (χ2n) is 3.86. The first-order valence-corrected chi connectivity index (χ1v) is 5.83. The minimum atomic E-state index is 0.283. The molecule has 0 fully saturated rings. The van der Waals surface area contributed by atoms with Crippen molar-refractivity contribution in [1.82, 2.24) is 5.32 Å². The smallest absolute Gasteiger partial charge is 0.324 e. The van der Waals surface area contributed by atoms with Crippen molar-refractivity contribution < 1.29 is 4.65 Å². The normalized spacial score (nSPS) is 17.8. The molecule has 1 aliphatic rings. The number of fused-ring (bicyclic) bond motifs is 1. The summed E-state index contributed by atoms with van der Waals surface area (Å²) in [5.74, 6) is 0. The Morgan fingerprint density at radius 1 is 1.44 bits per heavy atom. The third kappa shape index (κ3) is 3.08. The van der Waals surface area contributed by atoms with Crippen molar-refractivity contribution in [2.45, 2.75) is 26.3 Å². The SMILES string of the molecule is CC[C@H]1OB(C)c2ccccc21.CNCN. The second-order valence-corrected chi connectivity index (χ2v) is 3.86. The van der Waals surface area contributed by atoms with E-state index in [1.165, 1.54) is 11.0 Å². The molecular formula is C12H21BN2O. The van der Waals surface area contributed by atoms with E-state index in [0.717, 1.165) is 6.42 Å². The maximum atomic E-state index is 5.78. The number of benzene rings is 1. The topological polar surface area (TPSA) is 47.3 Å². The zero-order valence-electron chi connectivity index (χ0n) is 10.4. The molecule has 0 radical (unpaired) electrons. The standard InChI is InChI=1S/C10H13BO.C2H8N2/c1-3-10-8-6-4-5-7-9(8)11(2)12-10;1-4-2-3/h4-7,10H,3H2,1-2H3;4H,2-3H2,1H3/t10-;/m1./s1. The molecule has 1 atom stereocenters. The Kier molecular flexibility index (Phi) is 5.53. The highest BCUT2D eigenvalue weighted by Crippen LogP contribution is 2.26. The summed E-state index contributed by atoms with van der Waals surface area (Å²) in [5.41, 5.74) is 7.66. The van der Waals surface area contributed by atoms with Gasteiger partial charge in [-0.05, 0) is 24.5 Å². The predicted octanol–water partition coefficient (Wildman–Crippen LogP) is 1.12. The highest BCUT2D eigenvalue weighted by molar-refractivity contribution is 6.67. The van der Waals surface area contributed by atoms with Crippen LogP contribution in [-0.4, -0.2) is 20.6 Å². The Hall–Kier alpha value is -0.835. The summed E-state index contributed by atoms with van der Waals surface area (Å²) in [6.07, 6.45) is 1.40. The van der Waals surface area contributed by atoms with E-state index in [2.05, 4.69) is 43.3 Å². The third-order valence-electron chi connectivity index (χ3n) is 2.72. The van der Waals surface area contributed by atoms with Gasteiger partial charge in [-0.15, -0.1) is 0 Å². The molecule has 0 amide bonds. The predicted molar refractivity (Wildman–Crippen MR) is 69.9 cm³/mol. The second kappa shape index (κ2) is 6.68. The van der Waals surface area contributed by atoms with Gasteiger partial charge in [-0.1, -0.05) is 38.0 Å². The van der Waals surface area contributed by atoms with Crippen LogP contribution in [0.25, 0.3) is 0 Å². The quantitative estimate of drug-likeness (QED) is 0.580. The molecule has 1 aromatic rings. The van der Waals surface area contributed by atoms with E-state index < -0.39 is 0 Å². The monoisotopic (exact) mass is 220 g/mol. The Morgan fingerprint density at radius 3 is 2.62 bits per heavy atom. The molecule has 0 unspecified atom stereocenters. The molecule has 1 heterocycles. The molecule has 0 saturated carbocycles. The number of rotatable bonds is 2. The van der Waals surface area contributed by atoms with Crippen LogP contribution in [0.1, 0.15) is 25.0 Å². The van der Waals surface area contributed by atoms with Gasteiger partial charge >= 0.3 is 6.92 Å². The minimum absolute atomic E-state index is 0.283. The zero-order valence-corrected chi connectivity index (χ0v) is 10.4. The summed E-state index contributed by atoms with van der Waals surface area (Å²) in [7, 11) is 1.81. The van der Waals surface area contributed by atoms with Crippen LogP contribution in [0.2, 0.25) is 6.82 Å². The van der Waals surface area contributed by atoms with Crippen molar-refractivity contribution in [3.63, 3.8) is 0 Å². The molecule has 3 nitrogen and oxygen atoms in total. The van der Waals surface area contributed by atoms with Gasteiger partial charge in [0.15, 0.2) is 0 Å². The summed E-state index contributed by atoms with van der Waals surface area (Å²) in [6.45, 7) is 5.14. The third-order valence-corrected chi connectivity index (χ3v) is 2.72. The number of hydrogen-bond donors (Lipinski definition) is 2. The average Bonchev–Trinajstić information content (AvgIpc) is 2.67. The Balaban J connectivity index is 0.000000280. The zero-order chi connectivity index (χ0) is 12.0. The fourth-order valence-corrected chi connectivity index (χ4v) is 1.88. The van der Waals surface area contributed by atoms with Gasteiger partial charge in [0.05, 0.1) is 6.10 Å². The fraction of sp³-hybridized carbons (Fsp3) is 0.500. The van der Waals surface area contributed by atoms with Gasteiger partial charge in [0.2, 0.25) is 0 Å². The van der Waals surface area contributed by atoms with Gasteiger partial charge in [-0.2, -0.15) is 0 Å². The van der Waals surface area contributed by atoms with Crippen LogP contribution in [0.3, 0.4) is 0 Å². The van der Waals surface area contributed by atoms with Crippen LogP contribution < -0.4 is 16.5 Å². The molecule has 88 valence electrons. The van der Waals surface area contributed by atoms with E-state index in [1.807, 2.05) is 0 Å². The van der Waals surface area contributed by atoms with Crippen LogP contribution in [0, 0.1) is 0 Å². The van der Waals surface area contributed by atoms with E-state index in [-0.39, 0.29) is 6.92 Å². The molecule has 3 N–H and O–H groups in total. The Labute approximate surface area is 98.5 Å². The first-order valence-electron chi connectivity index (χ1n) is 5.83. The van der Waals surface area contributed by atoms with Crippen molar-refractivity contribution in [1.29, 1.82) is 0 Å². The fourth-order valence-electron chi connectivity index (χ4n) is 1.88. The molecule has 0 spiro atoms. The Morgan fingerprint density at radius 2 is 2.06 bits per heavy atom. The van der Waals surface area contributed by atoms with E-state index in [0.29, 0.717) is 12.8 Å². The van der Waals surface area contributed by atoms with Crippen molar-refractivity contribution in [3.05, 3.63) is 29.8 Å². The van der Waals surface area contributed by atoms with E-state index >= 15 is 0 Å². The Bertz CT molecular complexity index is 318. The van der Waals surface area contributed by atoms with Gasteiger partial charge in [0, 0.05) is 6.67 Å². The lowest BCUT2D eigenvalue weighted by molar-refractivity contribution is 0.221. The van der Waals surface area contributed by atoms with Gasteiger partial charge < -0.3 is 15.7 Å².